The van der Waals surface area contributed by atoms with Crippen molar-refractivity contribution in [3.63, 3.8) is 0 Å². The molecule has 0 unspecified atom stereocenters. The Morgan fingerprint density at radius 1 is 0.462 bits per heavy atom. The van der Waals surface area contributed by atoms with Crippen LogP contribution in [-0.2, 0) is 7.05 Å². The summed E-state index contributed by atoms with van der Waals surface area (Å²) in [7, 11) is 2.17. The largest absolute Gasteiger partial charge is 0.398 e. The van der Waals surface area contributed by atoms with Gasteiger partial charge in [-0.15, -0.1) is 0 Å². The van der Waals surface area contributed by atoms with Crippen molar-refractivity contribution >= 4 is 65.8 Å². The minimum atomic E-state index is 0.540. The molecule has 0 saturated heterocycles. The van der Waals surface area contributed by atoms with Gasteiger partial charge in [0.25, 0.3) is 0 Å². The molecule has 4 heteroatoms. The van der Waals surface area contributed by atoms with E-state index in [0.29, 0.717) is 11.4 Å². The van der Waals surface area contributed by atoms with Gasteiger partial charge in [0.15, 0.2) is 0 Å². The third-order valence-corrected chi connectivity index (χ3v) is 10.7. The third kappa shape index (κ3) is 4.44. The van der Waals surface area contributed by atoms with Crippen molar-refractivity contribution in [3.8, 4) is 27.9 Å². The van der Waals surface area contributed by atoms with E-state index in [1.165, 1.54) is 71.2 Å². The van der Waals surface area contributed by atoms with Crippen molar-refractivity contribution in [2.45, 2.75) is 0 Å². The van der Waals surface area contributed by atoms with Crippen LogP contribution in [0.1, 0.15) is 11.1 Å². The molecule has 0 amide bonds. The van der Waals surface area contributed by atoms with Crippen molar-refractivity contribution in [1.29, 1.82) is 5.41 Å². The molecule has 0 saturated carbocycles. The number of fused-ring (bicyclic) bond motifs is 11. The molecule has 11 rings (SSSR count). The minimum absolute atomic E-state index is 0.540. The highest BCUT2D eigenvalue weighted by Gasteiger charge is 2.24. The Morgan fingerprint density at radius 2 is 1.08 bits per heavy atom. The van der Waals surface area contributed by atoms with Crippen molar-refractivity contribution in [2.75, 3.05) is 5.73 Å². The second-order valence-electron chi connectivity index (χ2n) is 13.6. The smallest absolute Gasteiger partial charge is 0.0717 e. The number of nitrogens with two attached hydrogens (primary N) is 1. The minimum Gasteiger partial charge on any atom is -0.398 e. The molecular weight excluding hydrogens is 633 g/mol. The Labute approximate surface area is 301 Å². The van der Waals surface area contributed by atoms with Gasteiger partial charge in [0, 0.05) is 62.1 Å². The number of nitrogens with one attached hydrogen (secondary N) is 1. The maximum atomic E-state index is 8.07. The number of aryl methyl sites for hydroxylation is 1. The van der Waals surface area contributed by atoms with Crippen LogP contribution in [0.4, 0.5) is 5.69 Å². The molecule has 3 N–H and O–H groups in total. The summed E-state index contributed by atoms with van der Waals surface area (Å²) in [6.07, 6.45) is 0. The van der Waals surface area contributed by atoms with E-state index in [0.717, 1.165) is 22.3 Å². The number of anilines is 1. The van der Waals surface area contributed by atoms with E-state index >= 15 is 0 Å². The molecule has 0 bridgehead atoms. The Morgan fingerprint density at radius 3 is 1.90 bits per heavy atom. The Balaban J connectivity index is 0.000000188. The Hall–Kier alpha value is -6.91. The van der Waals surface area contributed by atoms with Gasteiger partial charge in [-0.25, -0.2) is 0 Å². The highest BCUT2D eigenvalue weighted by Crippen LogP contribution is 2.40. The maximum absolute atomic E-state index is 8.07. The molecular formula is C48H34N4. The Bertz CT molecular complexity index is 3050. The van der Waals surface area contributed by atoms with E-state index in [1.807, 2.05) is 42.5 Å². The lowest BCUT2D eigenvalue weighted by Crippen LogP contribution is -2.00. The van der Waals surface area contributed by atoms with Gasteiger partial charge in [-0.1, -0.05) is 115 Å². The lowest BCUT2D eigenvalue weighted by molar-refractivity contribution is 1.01. The van der Waals surface area contributed by atoms with Crippen molar-refractivity contribution in [2.24, 2.45) is 7.05 Å². The zero-order chi connectivity index (χ0) is 34.9. The number of para-hydroxylation sites is 2. The van der Waals surface area contributed by atoms with E-state index in [4.69, 9.17) is 11.1 Å². The van der Waals surface area contributed by atoms with Crippen LogP contribution in [0.5, 0.6) is 0 Å². The van der Waals surface area contributed by atoms with Crippen LogP contribution in [0.3, 0.4) is 0 Å². The van der Waals surface area contributed by atoms with Gasteiger partial charge in [0.2, 0.25) is 0 Å². The molecule has 2 aromatic heterocycles. The SMILES string of the molecule is Cn1c2ccc(-c3ccc4c(c3)c3ccccc3n4-c3ccccc3)cc2c2c3ccccc3ccc21.N=C1c2ccccc2-c2cccc(N)c21. The zero-order valence-electron chi connectivity index (χ0n) is 28.6. The summed E-state index contributed by atoms with van der Waals surface area (Å²) in [6, 6.07) is 60.1. The van der Waals surface area contributed by atoms with E-state index in [1.54, 1.807) is 0 Å². The van der Waals surface area contributed by atoms with Crippen LogP contribution >= 0.6 is 0 Å². The second-order valence-corrected chi connectivity index (χ2v) is 13.6. The average Bonchev–Trinajstić information content (AvgIpc) is 3.80. The molecule has 0 radical (unpaired) electrons. The summed E-state index contributed by atoms with van der Waals surface area (Å²) < 4.78 is 4.69. The van der Waals surface area contributed by atoms with Crippen LogP contribution in [-0.4, -0.2) is 14.8 Å². The molecule has 1 aliphatic rings. The molecule has 246 valence electrons. The van der Waals surface area contributed by atoms with Crippen molar-refractivity contribution < 1.29 is 0 Å². The summed E-state index contributed by atoms with van der Waals surface area (Å²) in [5, 5.41) is 15.9. The number of rotatable bonds is 2. The van der Waals surface area contributed by atoms with Gasteiger partial charge in [-0.2, -0.15) is 0 Å². The molecule has 10 aromatic rings. The van der Waals surface area contributed by atoms with Crippen LogP contribution in [0.2, 0.25) is 0 Å². The first-order chi connectivity index (χ1) is 25.6. The van der Waals surface area contributed by atoms with Crippen LogP contribution in [0, 0.1) is 5.41 Å². The average molecular weight is 667 g/mol. The zero-order valence-corrected chi connectivity index (χ0v) is 28.6. The molecule has 4 nitrogen and oxygen atoms in total. The standard InChI is InChI=1S/C35H24N2.C13H10N2/c1-36-31-18-16-25(22-30(31)35-27-12-6-5-9-23(27)15-20-34(35)36)24-17-19-33-29(21-24)28-13-7-8-14-32(28)37(33)26-10-3-2-4-11-26;14-11-7-3-6-9-8-4-1-2-5-10(8)13(15)12(9)11/h2-22H,1H3;1-7,15H,14H2. The van der Waals surface area contributed by atoms with Gasteiger partial charge < -0.3 is 14.9 Å². The predicted molar refractivity (Wildman–Crippen MR) is 220 cm³/mol. The van der Waals surface area contributed by atoms with E-state index in [2.05, 4.69) is 144 Å². The number of aromatic nitrogens is 2. The molecule has 52 heavy (non-hydrogen) atoms. The summed E-state index contributed by atoms with van der Waals surface area (Å²) in [6.45, 7) is 0. The second kappa shape index (κ2) is 11.6. The number of hydrogen-bond donors (Lipinski definition) is 2. The first kappa shape index (κ1) is 30.0. The van der Waals surface area contributed by atoms with E-state index < -0.39 is 0 Å². The van der Waals surface area contributed by atoms with E-state index in [9.17, 15) is 0 Å². The number of nitrogens with zero attached hydrogens (tertiary/aromatic N) is 2. The normalized spacial score (nSPS) is 12.1. The fraction of sp³-hybridized carbons (Fsp3) is 0.0208. The fourth-order valence-electron chi connectivity index (χ4n) is 8.31. The summed E-state index contributed by atoms with van der Waals surface area (Å²) in [4.78, 5) is 0. The lowest BCUT2D eigenvalue weighted by atomic mass is 9.99. The highest BCUT2D eigenvalue weighted by atomic mass is 15.0. The summed E-state index contributed by atoms with van der Waals surface area (Å²) in [5.41, 5.74) is 19.8. The monoisotopic (exact) mass is 666 g/mol. The van der Waals surface area contributed by atoms with Crippen LogP contribution in [0.15, 0.2) is 170 Å². The van der Waals surface area contributed by atoms with Gasteiger partial charge in [-0.05, 0) is 87.6 Å². The van der Waals surface area contributed by atoms with Gasteiger partial charge >= 0.3 is 0 Å². The first-order valence-electron chi connectivity index (χ1n) is 17.6. The summed E-state index contributed by atoms with van der Waals surface area (Å²) in [5.74, 6) is 0. The molecule has 2 heterocycles. The van der Waals surface area contributed by atoms with Crippen LogP contribution in [0.25, 0.3) is 82.3 Å². The van der Waals surface area contributed by atoms with Gasteiger partial charge in [0.05, 0.1) is 16.7 Å². The molecule has 0 spiro atoms. The maximum Gasteiger partial charge on any atom is 0.0717 e. The first-order valence-corrected chi connectivity index (χ1v) is 17.6. The van der Waals surface area contributed by atoms with Gasteiger partial charge in [-0.3, -0.25) is 5.41 Å². The third-order valence-electron chi connectivity index (χ3n) is 10.7. The lowest BCUT2D eigenvalue weighted by Gasteiger charge is -2.08. The highest BCUT2D eigenvalue weighted by molar-refractivity contribution is 6.25. The Kier molecular flexibility index (Phi) is 6.67. The quantitative estimate of drug-likeness (QED) is 0.177. The molecule has 1 aliphatic carbocycles. The molecule has 0 aliphatic heterocycles. The van der Waals surface area contributed by atoms with Crippen LogP contribution < -0.4 is 5.73 Å². The topological polar surface area (TPSA) is 59.7 Å². The summed E-state index contributed by atoms with van der Waals surface area (Å²) >= 11 is 0. The number of benzene rings is 8. The van der Waals surface area contributed by atoms with Crippen molar-refractivity contribution in [3.05, 3.63) is 181 Å². The van der Waals surface area contributed by atoms with E-state index in [-0.39, 0.29) is 0 Å². The molecule has 0 atom stereocenters. The number of hydrogen-bond acceptors (Lipinski definition) is 2. The molecule has 8 aromatic carbocycles. The van der Waals surface area contributed by atoms with Crippen molar-refractivity contribution in [1.82, 2.24) is 9.13 Å². The van der Waals surface area contributed by atoms with Gasteiger partial charge in [0.1, 0.15) is 0 Å². The fourth-order valence-corrected chi connectivity index (χ4v) is 8.31. The predicted octanol–water partition coefficient (Wildman–Crippen LogP) is 11.9. The molecule has 0 fully saturated rings. The number of nitrogen functional groups attached to an aromatic ring is 1.